The molecular weight excluding hydrogens is 270 g/mol. The summed E-state index contributed by atoms with van der Waals surface area (Å²) in [5.74, 6) is -0.451. The van der Waals surface area contributed by atoms with Gasteiger partial charge in [-0.15, -0.1) is 4.40 Å². The van der Waals surface area contributed by atoms with Gasteiger partial charge < -0.3 is 15.8 Å². The van der Waals surface area contributed by atoms with Crippen LogP contribution in [0.1, 0.15) is 22.8 Å². The molecule has 19 heavy (non-hydrogen) atoms. The fourth-order valence-electron chi connectivity index (χ4n) is 1.78. The van der Waals surface area contributed by atoms with Crippen LogP contribution in [0.25, 0.3) is 0 Å². The number of rotatable bonds is 2. The molecule has 0 bridgehead atoms. The molecule has 1 aromatic carbocycles. The van der Waals surface area contributed by atoms with Crippen LogP contribution in [0.4, 0.5) is 5.69 Å². The Morgan fingerprint density at radius 3 is 2.74 bits per heavy atom. The molecule has 1 heterocycles. The lowest BCUT2D eigenvalue weighted by Crippen LogP contribution is -2.19. The molecule has 3 N–H and O–H groups in total. The van der Waals surface area contributed by atoms with E-state index in [2.05, 4.69) is 9.71 Å². The quantitative estimate of drug-likeness (QED) is 0.748. The normalized spacial score (nSPS) is 15.6. The predicted molar refractivity (Wildman–Crippen MR) is 69.6 cm³/mol. The summed E-state index contributed by atoms with van der Waals surface area (Å²) in [6.07, 6.45) is 0. The lowest BCUT2D eigenvalue weighted by molar-refractivity contribution is 0.0963. The number of nitrogen functional groups attached to an aromatic ring is 1. The molecule has 8 heteroatoms. The molecule has 0 atom stereocenters. The predicted octanol–water partition coefficient (Wildman–Crippen LogP) is 0.114. The Morgan fingerprint density at radius 1 is 1.47 bits per heavy atom. The Balaban J connectivity index is 2.66. The molecule has 102 valence electrons. The number of nitrogens with one attached hydrogen (secondary N) is 1. The molecule has 1 aromatic rings. The molecule has 0 aliphatic carbocycles. The zero-order valence-corrected chi connectivity index (χ0v) is 11.2. The molecule has 0 fully saturated rings. The Morgan fingerprint density at radius 2 is 2.16 bits per heavy atom. The first kappa shape index (κ1) is 13.3. The van der Waals surface area contributed by atoms with Crippen molar-refractivity contribution in [2.45, 2.75) is 11.8 Å². The van der Waals surface area contributed by atoms with E-state index in [1.54, 1.807) is 6.92 Å². The first-order valence-electron chi connectivity index (χ1n) is 5.54. The molecular formula is C11H13N3O4S. The highest BCUT2D eigenvalue weighted by Crippen LogP contribution is 2.32. The van der Waals surface area contributed by atoms with Gasteiger partial charge in [0.05, 0.1) is 12.2 Å². The average Bonchev–Trinajstić information content (AvgIpc) is 2.61. The van der Waals surface area contributed by atoms with E-state index >= 15 is 0 Å². The summed E-state index contributed by atoms with van der Waals surface area (Å²) >= 11 is 0. The lowest BCUT2D eigenvalue weighted by atomic mass is 10.1. The van der Waals surface area contributed by atoms with E-state index in [4.69, 9.17) is 10.5 Å². The van der Waals surface area contributed by atoms with Gasteiger partial charge in [-0.1, -0.05) is 0 Å². The third-order valence-electron chi connectivity index (χ3n) is 2.60. The molecule has 1 amide bonds. The van der Waals surface area contributed by atoms with Gasteiger partial charge in [0.15, 0.2) is 0 Å². The van der Waals surface area contributed by atoms with Crippen molar-refractivity contribution in [2.24, 2.45) is 4.40 Å². The van der Waals surface area contributed by atoms with Crippen molar-refractivity contribution in [3.05, 3.63) is 23.3 Å². The summed E-state index contributed by atoms with van der Waals surface area (Å²) in [5, 5.41) is 2.41. The standard InChI is InChI=1S/C11H13N3O4S/c1-3-18-11-9-7(12)4-6(10(15)13-2)5-8(9)19(16,17)14-11/h4-5H,3,12H2,1-2H3,(H,13,15). The van der Waals surface area contributed by atoms with E-state index in [9.17, 15) is 13.2 Å². The van der Waals surface area contributed by atoms with Gasteiger partial charge in [0.2, 0.25) is 5.90 Å². The molecule has 2 rings (SSSR count). The number of amides is 1. The zero-order chi connectivity index (χ0) is 14.2. The summed E-state index contributed by atoms with van der Waals surface area (Å²) in [6, 6.07) is 2.64. The minimum Gasteiger partial charge on any atom is -0.477 e. The number of carbonyl (C=O) groups is 1. The van der Waals surface area contributed by atoms with E-state index in [-0.39, 0.29) is 34.2 Å². The number of ether oxygens (including phenoxy) is 1. The molecule has 0 unspecified atom stereocenters. The smallest absolute Gasteiger partial charge is 0.286 e. The van der Waals surface area contributed by atoms with Gasteiger partial charge in [-0.3, -0.25) is 4.79 Å². The molecule has 0 spiro atoms. The highest BCUT2D eigenvalue weighted by Gasteiger charge is 2.33. The maximum Gasteiger partial charge on any atom is 0.286 e. The molecule has 1 aliphatic rings. The summed E-state index contributed by atoms with van der Waals surface area (Å²) in [5.41, 5.74) is 6.32. The van der Waals surface area contributed by atoms with E-state index in [1.807, 2.05) is 0 Å². The second-order valence-corrected chi connectivity index (χ2v) is 5.39. The molecule has 0 radical (unpaired) electrons. The van der Waals surface area contributed by atoms with Crippen LogP contribution in [0.15, 0.2) is 21.4 Å². The van der Waals surface area contributed by atoms with Crippen LogP contribution >= 0.6 is 0 Å². The number of hydrogen-bond donors (Lipinski definition) is 2. The third-order valence-corrected chi connectivity index (χ3v) is 3.88. The second kappa shape index (κ2) is 4.54. The number of benzene rings is 1. The Labute approximate surface area is 110 Å². The third kappa shape index (κ3) is 2.14. The maximum absolute atomic E-state index is 11.9. The summed E-state index contributed by atoms with van der Waals surface area (Å²) in [6.45, 7) is 1.98. The van der Waals surface area contributed by atoms with Crippen molar-refractivity contribution in [3.8, 4) is 0 Å². The number of anilines is 1. The van der Waals surface area contributed by atoms with Crippen LogP contribution in [0.2, 0.25) is 0 Å². The summed E-state index contributed by atoms with van der Waals surface area (Å²) in [4.78, 5) is 11.5. The highest BCUT2D eigenvalue weighted by atomic mass is 32.2. The molecule has 0 saturated carbocycles. The van der Waals surface area contributed by atoms with Crippen molar-refractivity contribution in [1.29, 1.82) is 0 Å². The first-order valence-corrected chi connectivity index (χ1v) is 6.98. The van der Waals surface area contributed by atoms with Crippen molar-refractivity contribution >= 4 is 27.5 Å². The van der Waals surface area contributed by atoms with Crippen molar-refractivity contribution in [2.75, 3.05) is 19.4 Å². The fraction of sp³-hybridized carbons (Fsp3) is 0.273. The molecule has 1 aliphatic heterocycles. The zero-order valence-electron chi connectivity index (χ0n) is 10.4. The lowest BCUT2D eigenvalue weighted by Gasteiger charge is -2.08. The summed E-state index contributed by atoms with van der Waals surface area (Å²) in [7, 11) is -2.41. The van der Waals surface area contributed by atoms with Crippen LogP contribution in [0.5, 0.6) is 0 Å². The maximum atomic E-state index is 11.9. The monoisotopic (exact) mass is 283 g/mol. The van der Waals surface area contributed by atoms with Gasteiger partial charge in [-0.05, 0) is 19.1 Å². The van der Waals surface area contributed by atoms with Crippen LogP contribution in [0.3, 0.4) is 0 Å². The molecule has 0 aromatic heterocycles. The number of nitrogens with two attached hydrogens (primary N) is 1. The fourth-order valence-corrected chi connectivity index (χ4v) is 2.98. The Kier molecular flexibility index (Phi) is 3.19. The van der Waals surface area contributed by atoms with Gasteiger partial charge >= 0.3 is 0 Å². The van der Waals surface area contributed by atoms with Gasteiger partial charge in [0.1, 0.15) is 4.90 Å². The number of fused-ring (bicyclic) bond motifs is 1. The Bertz CT molecular complexity index is 679. The largest absolute Gasteiger partial charge is 0.477 e. The van der Waals surface area contributed by atoms with Gasteiger partial charge in [0, 0.05) is 18.3 Å². The highest BCUT2D eigenvalue weighted by molar-refractivity contribution is 7.90. The van der Waals surface area contributed by atoms with Gasteiger partial charge in [-0.25, -0.2) is 0 Å². The van der Waals surface area contributed by atoms with Crippen molar-refractivity contribution in [1.82, 2.24) is 5.32 Å². The summed E-state index contributed by atoms with van der Waals surface area (Å²) < 4.78 is 32.5. The van der Waals surface area contributed by atoms with E-state index in [0.717, 1.165) is 0 Å². The molecule has 7 nitrogen and oxygen atoms in total. The topological polar surface area (TPSA) is 111 Å². The van der Waals surface area contributed by atoms with E-state index in [0.29, 0.717) is 0 Å². The van der Waals surface area contributed by atoms with Gasteiger partial charge in [0.25, 0.3) is 15.9 Å². The number of hydrogen-bond acceptors (Lipinski definition) is 5. The van der Waals surface area contributed by atoms with Gasteiger partial charge in [-0.2, -0.15) is 8.42 Å². The van der Waals surface area contributed by atoms with Crippen LogP contribution in [-0.4, -0.2) is 33.9 Å². The van der Waals surface area contributed by atoms with Crippen LogP contribution < -0.4 is 11.1 Å². The van der Waals surface area contributed by atoms with Crippen molar-refractivity contribution in [3.63, 3.8) is 0 Å². The minimum absolute atomic E-state index is 0.0292. The molecule has 0 saturated heterocycles. The minimum atomic E-state index is -3.86. The number of sulfonamides is 1. The first-order chi connectivity index (χ1) is 8.90. The number of carbonyl (C=O) groups excluding carboxylic acids is 1. The number of nitrogens with zero attached hydrogens (tertiary/aromatic N) is 1. The second-order valence-electron chi connectivity index (χ2n) is 3.82. The van der Waals surface area contributed by atoms with Crippen LogP contribution in [-0.2, 0) is 14.8 Å². The average molecular weight is 283 g/mol. The van der Waals surface area contributed by atoms with E-state index < -0.39 is 15.9 Å². The SMILES string of the molecule is CCOC1=NS(=O)(=O)c2cc(C(=O)NC)cc(N)c21. The van der Waals surface area contributed by atoms with Crippen molar-refractivity contribution < 1.29 is 17.9 Å². The van der Waals surface area contributed by atoms with E-state index in [1.165, 1.54) is 19.2 Å². The Hall–Kier alpha value is -2.09. The van der Waals surface area contributed by atoms with Crippen LogP contribution in [0, 0.1) is 0 Å².